The van der Waals surface area contributed by atoms with Crippen molar-refractivity contribution in [3.8, 4) is 0 Å². The molecule has 4 rings (SSSR count). The number of morpholine rings is 1. The minimum Gasteiger partial charge on any atom is -0.468 e. The minimum atomic E-state index is -3.93. The SMILES string of the molecule is Cc1ccc(S(=O)(=O)N(CC(=O)Nc2ccccc2N2CCOCC2)Cc2ccco2)cc1. The van der Waals surface area contributed by atoms with E-state index < -0.39 is 15.9 Å². The van der Waals surface area contributed by atoms with Crippen molar-refractivity contribution in [2.75, 3.05) is 43.1 Å². The van der Waals surface area contributed by atoms with E-state index in [0.29, 0.717) is 24.7 Å². The highest BCUT2D eigenvalue weighted by atomic mass is 32.2. The van der Waals surface area contributed by atoms with Crippen LogP contribution in [-0.4, -0.2) is 51.5 Å². The van der Waals surface area contributed by atoms with E-state index in [2.05, 4.69) is 10.2 Å². The van der Waals surface area contributed by atoms with E-state index in [-0.39, 0.29) is 18.0 Å². The predicted octanol–water partition coefficient (Wildman–Crippen LogP) is 3.25. The standard InChI is InChI=1S/C24H27N3O5S/c1-19-8-10-21(11-9-19)33(29,30)27(17-20-5-4-14-32-20)18-24(28)25-22-6-2-3-7-23(22)26-12-15-31-16-13-26/h2-11,14H,12-13,15-18H2,1H3,(H,25,28). The number of amides is 1. The van der Waals surface area contributed by atoms with Gasteiger partial charge in [0, 0.05) is 13.1 Å². The van der Waals surface area contributed by atoms with Crippen molar-refractivity contribution in [3.63, 3.8) is 0 Å². The Labute approximate surface area is 193 Å². The van der Waals surface area contributed by atoms with Crippen molar-refractivity contribution < 1.29 is 22.4 Å². The zero-order chi connectivity index (χ0) is 23.3. The number of hydrogen-bond acceptors (Lipinski definition) is 6. The molecule has 0 spiro atoms. The molecular weight excluding hydrogens is 442 g/mol. The summed E-state index contributed by atoms with van der Waals surface area (Å²) in [6, 6.07) is 17.4. The van der Waals surface area contributed by atoms with Gasteiger partial charge in [-0.05, 0) is 43.3 Å². The average molecular weight is 470 g/mol. The van der Waals surface area contributed by atoms with Gasteiger partial charge in [-0.15, -0.1) is 0 Å². The van der Waals surface area contributed by atoms with Gasteiger partial charge in [0.1, 0.15) is 5.76 Å². The minimum absolute atomic E-state index is 0.0538. The second-order valence-corrected chi connectivity index (χ2v) is 9.77. The Bertz CT molecular complexity index is 1170. The van der Waals surface area contributed by atoms with Crippen LogP contribution in [-0.2, 0) is 26.1 Å². The number of carbonyl (C=O) groups excluding carboxylic acids is 1. The molecule has 33 heavy (non-hydrogen) atoms. The van der Waals surface area contributed by atoms with E-state index in [1.54, 1.807) is 36.4 Å². The molecule has 2 aromatic carbocycles. The molecule has 8 nitrogen and oxygen atoms in total. The maximum atomic E-state index is 13.4. The smallest absolute Gasteiger partial charge is 0.243 e. The highest BCUT2D eigenvalue weighted by Gasteiger charge is 2.28. The quantitative estimate of drug-likeness (QED) is 0.545. The molecule has 0 aliphatic carbocycles. The molecule has 9 heteroatoms. The summed E-state index contributed by atoms with van der Waals surface area (Å²) in [5, 5.41) is 2.89. The lowest BCUT2D eigenvalue weighted by Gasteiger charge is -2.30. The summed E-state index contributed by atoms with van der Waals surface area (Å²) >= 11 is 0. The Hall–Kier alpha value is -3.14. The second kappa shape index (κ2) is 10.2. The Morgan fingerprint density at radius 3 is 2.45 bits per heavy atom. The van der Waals surface area contributed by atoms with Gasteiger partial charge in [0.25, 0.3) is 0 Å². The summed E-state index contributed by atoms with van der Waals surface area (Å²) in [5.74, 6) is 0.0187. The molecule has 0 radical (unpaired) electrons. The fourth-order valence-electron chi connectivity index (χ4n) is 3.67. The molecule has 0 unspecified atom stereocenters. The summed E-state index contributed by atoms with van der Waals surface area (Å²) in [7, 11) is -3.93. The van der Waals surface area contributed by atoms with Gasteiger partial charge in [0.2, 0.25) is 15.9 Å². The first-order valence-electron chi connectivity index (χ1n) is 10.7. The zero-order valence-electron chi connectivity index (χ0n) is 18.4. The Balaban J connectivity index is 1.55. The summed E-state index contributed by atoms with van der Waals surface area (Å²) in [4.78, 5) is 15.3. The van der Waals surface area contributed by atoms with Gasteiger partial charge in [0.05, 0.1) is 48.8 Å². The van der Waals surface area contributed by atoms with Crippen molar-refractivity contribution in [1.29, 1.82) is 0 Å². The summed E-state index contributed by atoms with van der Waals surface area (Å²) in [6.07, 6.45) is 1.48. The number of ether oxygens (including phenoxy) is 1. The van der Waals surface area contributed by atoms with Gasteiger partial charge in [0.15, 0.2) is 0 Å². The van der Waals surface area contributed by atoms with Gasteiger partial charge < -0.3 is 19.4 Å². The largest absolute Gasteiger partial charge is 0.468 e. The van der Waals surface area contributed by atoms with Crippen LogP contribution in [0.4, 0.5) is 11.4 Å². The first-order valence-corrected chi connectivity index (χ1v) is 12.2. The van der Waals surface area contributed by atoms with Crippen LogP contribution in [0.15, 0.2) is 76.2 Å². The molecule has 1 fully saturated rings. The van der Waals surface area contributed by atoms with Crippen LogP contribution in [0.5, 0.6) is 0 Å². The van der Waals surface area contributed by atoms with Gasteiger partial charge in [-0.3, -0.25) is 4.79 Å². The molecule has 1 aliphatic rings. The maximum Gasteiger partial charge on any atom is 0.243 e. The van der Waals surface area contributed by atoms with Gasteiger partial charge in [-0.2, -0.15) is 4.31 Å². The number of furan rings is 1. The number of nitrogens with one attached hydrogen (secondary N) is 1. The predicted molar refractivity (Wildman–Crippen MR) is 126 cm³/mol. The van der Waals surface area contributed by atoms with Crippen molar-refractivity contribution in [2.45, 2.75) is 18.4 Å². The third-order valence-electron chi connectivity index (χ3n) is 5.42. The molecule has 1 amide bonds. The third-order valence-corrected chi connectivity index (χ3v) is 7.23. The number of rotatable bonds is 8. The fourth-order valence-corrected chi connectivity index (χ4v) is 5.03. The van der Waals surface area contributed by atoms with Crippen LogP contribution in [0.2, 0.25) is 0 Å². The number of para-hydroxylation sites is 2. The van der Waals surface area contributed by atoms with Crippen molar-refractivity contribution in [3.05, 3.63) is 78.3 Å². The van der Waals surface area contributed by atoms with E-state index in [0.717, 1.165) is 28.6 Å². The molecule has 1 saturated heterocycles. The lowest BCUT2D eigenvalue weighted by atomic mass is 10.2. The van der Waals surface area contributed by atoms with Crippen LogP contribution in [0, 0.1) is 6.92 Å². The first-order chi connectivity index (χ1) is 15.9. The zero-order valence-corrected chi connectivity index (χ0v) is 19.3. The van der Waals surface area contributed by atoms with Crippen molar-refractivity contribution in [1.82, 2.24) is 4.31 Å². The van der Waals surface area contributed by atoms with E-state index in [1.165, 1.54) is 6.26 Å². The monoisotopic (exact) mass is 469 g/mol. The normalized spacial score (nSPS) is 14.4. The average Bonchev–Trinajstić information content (AvgIpc) is 3.33. The number of nitrogens with zero attached hydrogens (tertiary/aromatic N) is 2. The topological polar surface area (TPSA) is 92.1 Å². The summed E-state index contributed by atoms with van der Waals surface area (Å²) < 4.78 is 38.6. The number of hydrogen-bond donors (Lipinski definition) is 1. The molecule has 0 atom stereocenters. The van der Waals surface area contributed by atoms with Crippen LogP contribution >= 0.6 is 0 Å². The lowest BCUT2D eigenvalue weighted by molar-refractivity contribution is -0.116. The van der Waals surface area contributed by atoms with Gasteiger partial charge in [-0.25, -0.2) is 8.42 Å². The summed E-state index contributed by atoms with van der Waals surface area (Å²) in [6.45, 7) is 4.16. The van der Waals surface area contributed by atoms with Crippen LogP contribution < -0.4 is 10.2 Å². The van der Waals surface area contributed by atoms with E-state index in [9.17, 15) is 13.2 Å². The first kappa shape index (κ1) is 23.0. The molecule has 1 N–H and O–H groups in total. The fraction of sp³-hybridized carbons (Fsp3) is 0.292. The van der Waals surface area contributed by atoms with Crippen molar-refractivity contribution in [2.24, 2.45) is 0 Å². The van der Waals surface area contributed by atoms with Crippen LogP contribution in [0.1, 0.15) is 11.3 Å². The van der Waals surface area contributed by atoms with E-state index in [4.69, 9.17) is 9.15 Å². The summed E-state index contributed by atoms with van der Waals surface area (Å²) in [5.41, 5.74) is 2.47. The van der Waals surface area contributed by atoms with Gasteiger partial charge in [-0.1, -0.05) is 29.8 Å². The molecule has 3 aromatic rings. The molecule has 174 valence electrons. The Morgan fingerprint density at radius 2 is 1.76 bits per heavy atom. The second-order valence-electron chi connectivity index (χ2n) is 7.83. The Morgan fingerprint density at radius 1 is 1.03 bits per heavy atom. The van der Waals surface area contributed by atoms with E-state index in [1.807, 2.05) is 31.2 Å². The number of sulfonamides is 1. The molecule has 1 aliphatic heterocycles. The Kier molecular flexibility index (Phi) is 7.12. The molecule has 1 aromatic heterocycles. The van der Waals surface area contributed by atoms with Gasteiger partial charge >= 0.3 is 0 Å². The highest BCUT2D eigenvalue weighted by Crippen LogP contribution is 2.27. The number of benzene rings is 2. The third kappa shape index (κ3) is 5.62. The van der Waals surface area contributed by atoms with Crippen molar-refractivity contribution >= 4 is 27.3 Å². The highest BCUT2D eigenvalue weighted by molar-refractivity contribution is 7.89. The van der Waals surface area contributed by atoms with E-state index >= 15 is 0 Å². The number of aryl methyl sites for hydroxylation is 1. The lowest BCUT2D eigenvalue weighted by Crippen LogP contribution is -2.39. The number of anilines is 2. The number of carbonyl (C=O) groups is 1. The molecule has 0 bridgehead atoms. The van der Waals surface area contributed by atoms with Crippen LogP contribution in [0.3, 0.4) is 0 Å². The molecular formula is C24H27N3O5S. The molecule has 2 heterocycles. The maximum absolute atomic E-state index is 13.4. The van der Waals surface area contributed by atoms with Crippen LogP contribution in [0.25, 0.3) is 0 Å². The molecule has 0 saturated carbocycles.